The molecular weight excluding hydrogens is 224 g/mol. The van der Waals surface area contributed by atoms with Gasteiger partial charge in [0, 0.05) is 11.7 Å². The van der Waals surface area contributed by atoms with Crippen LogP contribution in [0.2, 0.25) is 0 Å². The summed E-state index contributed by atoms with van der Waals surface area (Å²) in [6.07, 6.45) is 3.63. The molecule has 18 heavy (non-hydrogen) atoms. The van der Waals surface area contributed by atoms with Crippen LogP contribution in [0.5, 0.6) is 5.75 Å². The largest absolute Gasteiger partial charge is 0.361 e. The Balaban J connectivity index is 1.75. The van der Waals surface area contributed by atoms with Crippen LogP contribution in [0, 0.1) is 0 Å². The van der Waals surface area contributed by atoms with Gasteiger partial charge in [-0.2, -0.15) is 0 Å². The molecule has 1 heterocycles. The summed E-state index contributed by atoms with van der Waals surface area (Å²) in [6.45, 7) is 0. The van der Waals surface area contributed by atoms with Gasteiger partial charge in [-0.1, -0.05) is 29.4 Å². The third-order valence-corrected chi connectivity index (χ3v) is 2.68. The van der Waals surface area contributed by atoms with Crippen molar-refractivity contribution in [2.24, 2.45) is 5.16 Å². The highest BCUT2D eigenvalue weighted by Crippen LogP contribution is 2.13. The van der Waals surface area contributed by atoms with Crippen molar-refractivity contribution in [3.8, 4) is 5.75 Å². The maximum atomic E-state index is 5.27. The van der Waals surface area contributed by atoms with Crippen LogP contribution in [0.1, 0.15) is 5.56 Å². The van der Waals surface area contributed by atoms with E-state index in [1.807, 2.05) is 54.7 Å². The molecule has 3 nitrogen and oxygen atoms in total. The second kappa shape index (κ2) is 4.75. The van der Waals surface area contributed by atoms with E-state index in [9.17, 15) is 0 Å². The minimum Gasteiger partial charge on any atom is -0.361 e. The van der Waals surface area contributed by atoms with Gasteiger partial charge in [-0.05, 0) is 41.3 Å². The Morgan fingerprint density at radius 2 is 1.89 bits per heavy atom. The molecule has 3 aromatic rings. The molecule has 0 atom stereocenters. The van der Waals surface area contributed by atoms with Crippen molar-refractivity contribution in [2.75, 3.05) is 0 Å². The Morgan fingerprint density at radius 1 is 1.00 bits per heavy atom. The molecule has 0 amide bonds. The standard InChI is InChI=1S/C15H12N2O/c1-2-4-14(5-3-1)18-17-11-12-6-7-15-13(10-12)8-9-16-15/h1-11,16H. The summed E-state index contributed by atoms with van der Waals surface area (Å²) in [4.78, 5) is 8.42. The Bertz CT molecular complexity index is 671. The lowest BCUT2D eigenvalue weighted by atomic mass is 10.2. The summed E-state index contributed by atoms with van der Waals surface area (Å²) >= 11 is 0. The number of nitrogens with one attached hydrogen (secondary N) is 1. The van der Waals surface area contributed by atoms with Crippen molar-refractivity contribution in [2.45, 2.75) is 0 Å². The summed E-state index contributed by atoms with van der Waals surface area (Å²) in [6, 6.07) is 17.6. The Hall–Kier alpha value is -2.55. The number of hydrogen-bond acceptors (Lipinski definition) is 2. The van der Waals surface area contributed by atoms with Crippen LogP contribution in [0.3, 0.4) is 0 Å². The lowest BCUT2D eigenvalue weighted by Gasteiger charge is -1.97. The van der Waals surface area contributed by atoms with Crippen molar-refractivity contribution in [1.82, 2.24) is 4.98 Å². The molecule has 0 spiro atoms. The van der Waals surface area contributed by atoms with Crippen LogP contribution in [0.25, 0.3) is 10.9 Å². The molecule has 0 radical (unpaired) electrons. The van der Waals surface area contributed by atoms with Crippen LogP contribution in [-0.4, -0.2) is 11.2 Å². The fourth-order valence-corrected chi connectivity index (χ4v) is 1.78. The van der Waals surface area contributed by atoms with Crippen LogP contribution in [0.4, 0.5) is 0 Å². The van der Waals surface area contributed by atoms with Gasteiger partial charge < -0.3 is 9.82 Å². The van der Waals surface area contributed by atoms with Gasteiger partial charge >= 0.3 is 0 Å². The fourth-order valence-electron chi connectivity index (χ4n) is 1.78. The van der Waals surface area contributed by atoms with E-state index in [0.717, 1.165) is 16.8 Å². The average molecular weight is 236 g/mol. The van der Waals surface area contributed by atoms with Crippen molar-refractivity contribution < 1.29 is 4.84 Å². The van der Waals surface area contributed by atoms with Gasteiger partial charge in [0.2, 0.25) is 0 Å². The maximum Gasteiger partial charge on any atom is 0.157 e. The number of fused-ring (bicyclic) bond motifs is 1. The zero-order chi connectivity index (χ0) is 12.2. The lowest BCUT2D eigenvalue weighted by molar-refractivity contribution is 0.344. The highest BCUT2D eigenvalue weighted by atomic mass is 16.6. The molecule has 0 bridgehead atoms. The molecule has 1 N–H and O–H groups in total. The second-order valence-electron chi connectivity index (χ2n) is 3.96. The number of rotatable bonds is 3. The summed E-state index contributed by atoms with van der Waals surface area (Å²) in [5.41, 5.74) is 2.13. The predicted molar refractivity (Wildman–Crippen MR) is 73.0 cm³/mol. The summed E-state index contributed by atoms with van der Waals surface area (Å²) < 4.78 is 0. The summed E-state index contributed by atoms with van der Waals surface area (Å²) in [7, 11) is 0. The average Bonchev–Trinajstić information content (AvgIpc) is 2.87. The first-order chi connectivity index (χ1) is 8.92. The first kappa shape index (κ1) is 10.6. The molecule has 88 valence electrons. The number of aromatic amines is 1. The normalized spacial score (nSPS) is 11.1. The minimum absolute atomic E-state index is 0.733. The van der Waals surface area contributed by atoms with Crippen LogP contribution in [0.15, 0.2) is 65.9 Å². The number of aromatic nitrogens is 1. The monoisotopic (exact) mass is 236 g/mol. The van der Waals surface area contributed by atoms with Crippen molar-refractivity contribution in [3.63, 3.8) is 0 Å². The van der Waals surface area contributed by atoms with E-state index in [0.29, 0.717) is 0 Å². The number of oxime groups is 1. The number of benzene rings is 2. The van der Waals surface area contributed by atoms with E-state index in [2.05, 4.69) is 16.2 Å². The van der Waals surface area contributed by atoms with Gasteiger partial charge in [0.1, 0.15) is 0 Å². The molecule has 0 fully saturated rings. The lowest BCUT2D eigenvalue weighted by Crippen LogP contribution is -1.86. The molecular formula is C15H12N2O. The number of para-hydroxylation sites is 1. The smallest absolute Gasteiger partial charge is 0.157 e. The quantitative estimate of drug-likeness (QED) is 0.547. The van der Waals surface area contributed by atoms with Crippen molar-refractivity contribution in [1.29, 1.82) is 0 Å². The van der Waals surface area contributed by atoms with E-state index in [-0.39, 0.29) is 0 Å². The minimum atomic E-state index is 0.733. The number of nitrogens with zero attached hydrogens (tertiary/aromatic N) is 1. The van der Waals surface area contributed by atoms with Gasteiger partial charge in [-0.15, -0.1) is 0 Å². The van der Waals surface area contributed by atoms with E-state index in [1.165, 1.54) is 5.39 Å². The molecule has 0 aliphatic carbocycles. The molecule has 3 heteroatoms. The van der Waals surface area contributed by atoms with Crippen LogP contribution in [-0.2, 0) is 0 Å². The maximum absolute atomic E-state index is 5.27. The first-order valence-electron chi connectivity index (χ1n) is 5.74. The Kier molecular flexibility index (Phi) is 2.80. The molecule has 2 aromatic carbocycles. The van der Waals surface area contributed by atoms with Crippen LogP contribution < -0.4 is 4.84 Å². The van der Waals surface area contributed by atoms with Gasteiger partial charge in [-0.3, -0.25) is 0 Å². The van der Waals surface area contributed by atoms with Crippen molar-refractivity contribution >= 4 is 17.1 Å². The third kappa shape index (κ3) is 2.25. The fraction of sp³-hybridized carbons (Fsp3) is 0. The summed E-state index contributed by atoms with van der Waals surface area (Å²) in [5.74, 6) is 0.733. The highest BCUT2D eigenvalue weighted by Gasteiger charge is 1.95. The molecule has 0 saturated heterocycles. The van der Waals surface area contributed by atoms with Gasteiger partial charge in [0.25, 0.3) is 0 Å². The van der Waals surface area contributed by atoms with Crippen molar-refractivity contribution in [3.05, 3.63) is 66.4 Å². The molecule has 1 aromatic heterocycles. The van der Waals surface area contributed by atoms with Gasteiger partial charge in [0.05, 0.1) is 6.21 Å². The van der Waals surface area contributed by atoms with Gasteiger partial charge in [0.15, 0.2) is 5.75 Å². The van der Waals surface area contributed by atoms with E-state index in [1.54, 1.807) is 6.21 Å². The van der Waals surface area contributed by atoms with E-state index >= 15 is 0 Å². The van der Waals surface area contributed by atoms with E-state index in [4.69, 9.17) is 4.84 Å². The second-order valence-corrected chi connectivity index (χ2v) is 3.96. The van der Waals surface area contributed by atoms with Crippen LogP contribution >= 0.6 is 0 Å². The summed E-state index contributed by atoms with van der Waals surface area (Å²) in [5, 5.41) is 5.13. The topological polar surface area (TPSA) is 37.4 Å². The Labute approximate surface area is 105 Å². The first-order valence-corrected chi connectivity index (χ1v) is 5.74. The van der Waals surface area contributed by atoms with E-state index < -0.39 is 0 Å². The Morgan fingerprint density at radius 3 is 2.78 bits per heavy atom. The zero-order valence-corrected chi connectivity index (χ0v) is 9.71. The molecule has 3 rings (SSSR count). The molecule has 0 aliphatic heterocycles. The number of hydrogen-bond donors (Lipinski definition) is 1. The molecule has 0 aliphatic rings. The number of H-pyrrole nitrogens is 1. The predicted octanol–water partition coefficient (Wildman–Crippen LogP) is 3.58. The SMILES string of the molecule is C(=NOc1ccccc1)c1ccc2[nH]ccc2c1. The molecule has 0 unspecified atom stereocenters. The highest BCUT2D eigenvalue weighted by molar-refractivity contribution is 5.88. The van der Waals surface area contributed by atoms with Gasteiger partial charge in [-0.25, -0.2) is 0 Å². The third-order valence-electron chi connectivity index (χ3n) is 2.68. The molecule has 0 saturated carbocycles. The zero-order valence-electron chi connectivity index (χ0n) is 9.71.